The van der Waals surface area contributed by atoms with E-state index in [2.05, 4.69) is 4.98 Å². The van der Waals surface area contributed by atoms with Crippen LogP contribution in [0.3, 0.4) is 0 Å². The van der Waals surface area contributed by atoms with E-state index in [-0.39, 0.29) is 27.5 Å². The summed E-state index contributed by atoms with van der Waals surface area (Å²) < 4.78 is 5.23. The molecule has 8 nitrogen and oxygen atoms in total. The van der Waals surface area contributed by atoms with E-state index in [4.69, 9.17) is 27.9 Å². The molecule has 10 heteroatoms. The molecule has 0 aliphatic carbocycles. The van der Waals surface area contributed by atoms with Crippen LogP contribution < -0.4 is 4.74 Å². The van der Waals surface area contributed by atoms with Crippen LogP contribution in [0.1, 0.15) is 0 Å². The van der Waals surface area contributed by atoms with E-state index in [1.165, 1.54) is 12.1 Å². The van der Waals surface area contributed by atoms with Gasteiger partial charge >= 0.3 is 11.6 Å². The van der Waals surface area contributed by atoms with E-state index in [1.54, 1.807) is 0 Å². The molecule has 1 aromatic carbocycles. The molecule has 0 saturated carbocycles. The molecule has 2 aromatic rings. The van der Waals surface area contributed by atoms with Crippen molar-refractivity contribution in [2.75, 3.05) is 0 Å². The number of rotatable bonds is 4. The minimum atomic E-state index is -0.696. The molecule has 1 heterocycles. The normalized spacial score (nSPS) is 10.2. The zero-order chi connectivity index (χ0) is 15.6. The van der Waals surface area contributed by atoms with Gasteiger partial charge in [0.2, 0.25) is 0 Å². The Bertz CT molecular complexity index is 738. The Labute approximate surface area is 127 Å². The summed E-state index contributed by atoms with van der Waals surface area (Å²) >= 11 is 11.5. The SMILES string of the molecule is O=[N+]([O-])c1ccc(Oc2nc(Cl)ccc2[N+](=O)[O-])c(Cl)c1. The van der Waals surface area contributed by atoms with Gasteiger partial charge in [-0.3, -0.25) is 20.2 Å². The smallest absolute Gasteiger partial charge is 0.331 e. The molecule has 1 aromatic heterocycles. The molecule has 0 aliphatic rings. The van der Waals surface area contributed by atoms with Gasteiger partial charge in [-0.25, -0.2) is 0 Å². The van der Waals surface area contributed by atoms with Gasteiger partial charge in [0.1, 0.15) is 10.9 Å². The molecule has 0 aliphatic heterocycles. The van der Waals surface area contributed by atoms with Gasteiger partial charge in [-0.05, 0) is 12.1 Å². The highest BCUT2D eigenvalue weighted by Crippen LogP contribution is 2.35. The Morgan fingerprint density at radius 1 is 1.05 bits per heavy atom. The summed E-state index contributed by atoms with van der Waals surface area (Å²) in [7, 11) is 0. The van der Waals surface area contributed by atoms with Crippen molar-refractivity contribution < 1.29 is 14.6 Å². The lowest BCUT2D eigenvalue weighted by atomic mass is 10.3. The van der Waals surface area contributed by atoms with Crippen molar-refractivity contribution in [1.29, 1.82) is 0 Å². The number of nitro groups is 2. The molecule has 0 saturated heterocycles. The summed E-state index contributed by atoms with van der Waals surface area (Å²) in [6.45, 7) is 0. The van der Waals surface area contributed by atoms with E-state index < -0.39 is 15.5 Å². The van der Waals surface area contributed by atoms with Crippen LogP contribution in [0.15, 0.2) is 30.3 Å². The number of ether oxygens (including phenoxy) is 1. The fourth-order valence-corrected chi connectivity index (χ4v) is 1.77. The van der Waals surface area contributed by atoms with Crippen molar-refractivity contribution in [2.45, 2.75) is 0 Å². The van der Waals surface area contributed by atoms with Gasteiger partial charge in [0.25, 0.3) is 5.69 Å². The quantitative estimate of drug-likeness (QED) is 0.476. The molecule has 21 heavy (non-hydrogen) atoms. The molecule has 0 amide bonds. The Morgan fingerprint density at radius 3 is 2.33 bits per heavy atom. The maximum atomic E-state index is 10.9. The first-order valence-corrected chi connectivity index (χ1v) is 6.07. The molecule has 0 spiro atoms. The maximum absolute atomic E-state index is 10.9. The van der Waals surface area contributed by atoms with Crippen molar-refractivity contribution in [3.05, 3.63) is 60.7 Å². The molecule has 0 bridgehead atoms. The number of aromatic nitrogens is 1. The molecule has 0 fully saturated rings. The van der Waals surface area contributed by atoms with Crippen LogP contribution >= 0.6 is 23.2 Å². The van der Waals surface area contributed by atoms with Crippen molar-refractivity contribution >= 4 is 34.6 Å². The highest BCUT2D eigenvalue weighted by Gasteiger charge is 2.20. The van der Waals surface area contributed by atoms with E-state index in [9.17, 15) is 20.2 Å². The highest BCUT2D eigenvalue weighted by atomic mass is 35.5. The topological polar surface area (TPSA) is 108 Å². The third-order valence-electron chi connectivity index (χ3n) is 2.34. The number of nitro benzene ring substituents is 1. The first kappa shape index (κ1) is 14.9. The molecule has 0 atom stereocenters. The summed E-state index contributed by atoms with van der Waals surface area (Å²) in [5.74, 6) is -0.372. The van der Waals surface area contributed by atoms with Crippen LogP contribution in [0.5, 0.6) is 11.6 Å². The van der Waals surface area contributed by atoms with Crippen molar-refractivity contribution in [3.63, 3.8) is 0 Å². The zero-order valence-corrected chi connectivity index (χ0v) is 11.5. The maximum Gasteiger partial charge on any atom is 0.331 e. The first-order valence-electron chi connectivity index (χ1n) is 5.31. The Morgan fingerprint density at radius 2 is 1.76 bits per heavy atom. The molecule has 0 N–H and O–H groups in total. The number of nitrogens with zero attached hydrogens (tertiary/aromatic N) is 3. The zero-order valence-electron chi connectivity index (χ0n) is 10.0. The number of non-ortho nitro benzene ring substituents is 1. The Kier molecular flexibility index (Phi) is 4.20. The first-order chi connectivity index (χ1) is 9.88. The van der Waals surface area contributed by atoms with Crippen molar-refractivity contribution in [1.82, 2.24) is 4.98 Å². The Balaban J connectivity index is 2.40. The molecular formula is C11H5Cl2N3O5. The number of hydrogen-bond donors (Lipinski definition) is 0. The van der Waals surface area contributed by atoms with Crippen LogP contribution in [0.4, 0.5) is 11.4 Å². The van der Waals surface area contributed by atoms with E-state index in [0.29, 0.717) is 0 Å². The lowest BCUT2D eigenvalue weighted by Gasteiger charge is -2.07. The second-order valence-corrected chi connectivity index (χ2v) is 4.48. The fraction of sp³-hybridized carbons (Fsp3) is 0. The average Bonchev–Trinajstić information content (AvgIpc) is 2.40. The summed E-state index contributed by atoms with van der Waals surface area (Å²) in [5, 5.41) is 21.4. The highest BCUT2D eigenvalue weighted by molar-refractivity contribution is 6.32. The number of hydrogen-bond acceptors (Lipinski definition) is 6. The molecular weight excluding hydrogens is 325 g/mol. The van der Waals surface area contributed by atoms with Crippen LogP contribution in [0.2, 0.25) is 10.2 Å². The summed E-state index contributed by atoms with van der Waals surface area (Å²) in [6.07, 6.45) is 0. The molecule has 0 radical (unpaired) electrons. The van der Waals surface area contributed by atoms with Crippen molar-refractivity contribution in [2.24, 2.45) is 0 Å². The van der Waals surface area contributed by atoms with Gasteiger partial charge in [0, 0.05) is 18.2 Å². The lowest BCUT2D eigenvalue weighted by molar-refractivity contribution is -0.386. The molecule has 108 valence electrons. The summed E-state index contributed by atoms with van der Waals surface area (Å²) in [4.78, 5) is 23.8. The van der Waals surface area contributed by atoms with Gasteiger partial charge in [-0.15, -0.1) is 0 Å². The third kappa shape index (κ3) is 3.36. The van der Waals surface area contributed by atoms with Gasteiger partial charge in [0.15, 0.2) is 0 Å². The van der Waals surface area contributed by atoms with Crippen LogP contribution in [-0.2, 0) is 0 Å². The predicted molar refractivity (Wildman–Crippen MR) is 74.1 cm³/mol. The third-order valence-corrected chi connectivity index (χ3v) is 2.84. The summed E-state index contributed by atoms with van der Waals surface area (Å²) in [6, 6.07) is 5.80. The predicted octanol–water partition coefficient (Wildman–Crippen LogP) is 4.00. The van der Waals surface area contributed by atoms with Gasteiger partial charge in [-0.1, -0.05) is 23.2 Å². The van der Waals surface area contributed by atoms with Crippen LogP contribution in [0, 0.1) is 20.2 Å². The van der Waals surface area contributed by atoms with E-state index in [1.807, 2.05) is 0 Å². The van der Waals surface area contributed by atoms with Gasteiger partial charge < -0.3 is 4.74 Å². The van der Waals surface area contributed by atoms with Gasteiger partial charge in [-0.2, -0.15) is 4.98 Å². The standard InChI is InChI=1S/C11H5Cl2N3O5/c12-7-5-6(15(17)18)1-3-9(7)21-11-8(16(19)20)2-4-10(13)14-11/h1-5H. The van der Waals surface area contributed by atoms with Crippen LogP contribution in [0.25, 0.3) is 0 Å². The number of benzene rings is 1. The minimum absolute atomic E-state index is 0.00589. The van der Waals surface area contributed by atoms with E-state index in [0.717, 1.165) is 18.2 Å². The van der Waals surface area contributed by atoms with Crippen LogP contribution in [-0.4, -0.2) is 14.8 Å². The minimum Gasteiger partial charge on any atom is -0.432 e. The fourth-order valence-electron chi connectivity index (χ4n) is 1.41. The molecule has 0 unspecified atom stereocenters. The Hall–Kier alpha value is -2.45. The van der Waals surface area contributed by atoms with Gasteiger partial charge in [0.05, 0.1) is 14.9 Å². The second kappa shape index (κ2) is 5.90. The monoisotopic (exact) mass is 329 g/mol. The number of halogens is 2. The average molecular weight is 330 g/mol. The van der Waals surface area contributed by atoms with E-state index >= 15 is 0 Å². The second-order valence-electron chi connectivity index (χ2n) is 3.69. The summed E-state index contributed by atoms with van der Waals surface area (Å²) in [5.41, 5.74) is -0.644. The lowest BCUT2D eigenvalue weighted by Crippen LogP contribution is -1.97. The largest absolute Gasteiger partial charge is 0.432 e. The molecule has 2 rings (SSSR count). The number of pyridine rings is 1. The van der Waals surface area contributed by atoms with Crippen molar-refractivity contribution in [3.8, 4) is 11.6 Å².